The quantitative estimate of drug-likeness (QED) is 0.609. The molecule has 2 heterocycles. The van der Waals surface area contributed by atoms with E-state index in [0.717, 1.165) is 5.56 Å². The van der Waals surface area contributed by atoms with Gasteiger partial charge in [0.2, 0.25) is 10.0 Å². The lowest BCUT2D eigenvalue weighted by Gasteiger charge is -2.30. The molecule has 0 spiro atoms. The van der Waals surface area contributed by atoms with Crippen LogP contribution in [0.2, 0.25) is 0 Å². The molecule has 0 saturated heterocycles. The zero-order valence-electron chi connectivity index (χ0n) is 17.2. The monoisotopic (exact) mass is 442 g/mol. The standard InChI is InChI=1S/C22H22N2O6S/c1-3-31(27,28)24-11-5-7-14-12-16(9-10-18(14)24)23-21(25)17-13-15-6-4-8-19(29-2)20(15)30-22(17)26/h4,6,8-10,12-13H,3,5,7,11H2,1-2H3,(H,23,25). The molecule has 2 aromatic carbocycles. The third-order valence-corrected chi connectivity index (χ3v) is 7.08. The van der Waals surface area contributed by atoms with Gasteiger partial charge >= 0.3 is 5.63 Å². The van der Waals surface area contributed by atoms with Crippen molar-refractivity contribution in [3.8, 4) is 5.75 Å². The van der Waals surface area contributed by atoms with Crippen LogP contribution in [-0.2, 0) is 16.4 Å². The summed E-state index contributed by atoms with van der Waals surface area (Å²) < 4.78 is 36.6. The highest BCUT2D eigenvalue weighted by molar-refractivity contribution is 7.92. The maximum absolute atomic E-state index is 12.8. The summed E-state index contributed by atoms with van der Waals surface area (Å²) in [6.45, 7) is 2.05. The van der Waals surface area contributed by atoms with Crippen molar-refractivity contribution in [1.82, 2.24) is 0 Å². The summed E-state index contributed by atoms with van der Waals surface area (Å²) in [5.41, 5.74) is 1.31. The SMILES string of the molecule is CCS(=O)(=O)N1CCCc2cc(NC(=O)c3cc4cccc(OC)c4oc3=O)ccc21. The average Bonchev–Trinajstić information content (AvgIpc) is 2.77. The molecule has 0 aliphatic carbocycles. The van der Waals surface area contributed by atoms with Crippen LogP contribution in [0.15, 0.2) is 51.7 Å². The minimum Gasteiger partial charge on any atom is -0.493 e. The smallest absolute Gasteiger partial charge is 0.349 e. The number of hydrogen-bond acceptors (Lipinski definition) is 6. The summed E-state index contributed by atoms with van der Waals surface area (Å²) in [5.74, 6) is -0.178. The Morgan fingerprint density at radius 2 is 2.03 bits per heavy atom. The van der Waals surface area contributed by atoms with Crippen molar-refractivity contribution in [3.05, 3.63) is 64.0 Å². The number of aryl methyl sites for hydroxylation is 1. The second-order valence-electron chi connectivity index (χ2n) is 7.20. The van der Waals surface area contributed by atoms with E-state index in [-0.39, 0.29) is 16.9 Å². The van der Waals surface area contributed by atoms with Gasteiger partial charge in [0.1, 0.15) is 5.56 Å². The van der Waals surface area contributed by atoms with Gasteiger partial charge in [0, 0.05) is 17.6 Å². The van der Waals surface area contributed by atoms with Crippen molar-refractivity contribution in [2.75, 3.05) is 29.0 Å². The van der Waals surface area contributed by atoms with E-state index in [1.54, 1.807) is 43.3 Å². The summed E-state index contributed by atoms with van der Waals surface area (Å²) in [6, 6.07) is 11.7. The molecule has 31 heavy (non-hydrogen) atoms. The molecule has 1 aliphatic rings. The number of ether oxygens (including phenoxy) is 1. The molecule has 4 rings (SSSR count). The predicted octanol–water partition coefficient (Wildman–Crippen LogP) is 3.16. The minimum atomic E-state index is -3.36. The maximum Gasteiger partial charge on any atom is 0.349 e. The number of para-hydroxylation sites is 1. The summed E-state index contributed by atoms with van der Waals surface area (Å²) >= 11 is 0. The molecule has 9 heteroatoms. The topological polar surface area (TPSA) is 106 Å². The zero-order valence-corrected chi connectivity index (χ0v) is 18.0. The lowest BCUT2D eigenvalue weighted by atomic mass is 10.0. The number of methoxy groups -OCH3 is 1. The summed E-state index contributed by atoms with van der Waals surface area (Å²) in [5, 5.41) is 3.28. The molecular formula is C22H22N2O6S. The van der Waals surface area contributed by atoms with Crippen molar-refractivity contribution in [1.29, 1.82) is 0 Å². The van der Waals surface area contributed by atoms with Crippen LogP contribution >= 0.6 is 0 Å². The molecule has 0 radical (unpaired) electrons. The second-order valence-corrected chi connectivity index (χ2v) is 9.38. The number of hydrogen-bond donors (Lipinski definition) is 1. The van der Waals surface area contributed by atoms with Crippen LogP contribution in [0.25, 0.3) is 11.0 Å². The molecule has 0 bridgehead atoms. The van der Waals surface area contributed by atoms with E-state index in [1.165, 1.54) is 17.5 Å². The Morgan fingerprint density at radius 3 is 2.77 bits per heavy atom. The van der Waals surface area contributed by atoms with Gasteiger partial charge in [0.25, 0.3) is 5.91 Å². The number of rotatable bonds is 5. The third kappa shape index (κ3) is 3.88. The number of benzene rings is 2. The Kier molecular flexibility index (Phi) is 5.45. The Morgan fingerprint density at radius 1 is 1.23 bits per heavy atom. The summed E-state index contributed by atoms with van der Waals surface area (Å²) in [7, 11) is -1.89. The van der Waals surface area contributed by atoms with E-state index < -0.39 is 21.6 Å². The van der Waals surface area contributed by atoms with E-state index >= 15 is 0 Å². The van der Waals surface area contributed by atoms with Gasteiger partial charge in [0.05, 0.1) is 18.6 Å². The molecule has 1 aliphatic heterocycles. The van der Waals surface area contributed by atoms with Gasteiger partial charge in [-0.2, -0.15) is 0 Å². The Hall–Kier alpha value is -3.33. The van der Waals surface area contributed by atoms with Gasteiger partial charge in [-0.1, -0.05) is 12.1 Å². The van der Waals surface area contributed by atoms with Crippen molar-refractivity contribution in [3.63, 3.8) is 0 Å². The molecular weight excluding hydrogens is 420 g/mol. The number of amides is 1. The Balaban J connectivity index is 1.64. The number of carbonyl (C=O) groups excluding carboxylic acids is 1. The lowest BCUT2D eigenvalue weighted by Crippen LogP contribution is -2.36. The van der Waals surface area contributed by atoms with Gasteiger partial charge in [-0.15, -0.1) is 0 Å². The number of carbonyl (C=O) groups is 1. The first-order valence-corrected chi connectivity index (χ1v) is 11.5. The fourth-order valence-electron chi connectivity index (χ4n) is 3.72. The highest BCUT2D eigenvalue weighted by Gasteiger charge is 2.26. The van der Waals surface area contributed by atoms with Crippen LogP contribution in [0.3, 0.4) is 0 Å². The Labute approximate surface area is 179 Å². The van der Waals surface area contributed by atoms with E-state index in [2.05, 4.69) is 5.32 Å². The van der Waals surface area contributed by atoms with Gasteiger partial charge in [-0.3, -0.25) is 9.10 Å². The molecule has 1 N–H and O–H groups in total. The van der Waals surface area contributed by atoms with Gasteiger partial charge < -0.3 is 14.5 Å². The largest absolute Gasteiger partial charge is 0.493 e. The number of sulfonamides is 1. The van der Waals surface area contributed by atoms with Crippen LogP contribution in [-0.4, -0.2) is 33.7 Å². The van der Waals surface area contributed by atoms with E-state index in [0.29, 0.717) is 41.9 Å². The molecule has 0 unspecified atom stereocenters. The molecule has 1 amide bonds. The van der Waals surface area contributed by atoms with Crippen molar-refractivity contribution >= 4 is 38.3 Å². The lowest BCUT2D eigenvalue weighted by molar-refractivity contribution is 0.102. The van der Waals surface area contributed by atoms with E-state index in [1.807, 2.05) is 0 Å². The molecule has 0 saturated carbocycles. The predicted molar refractivity (Wildman–Crippen MR) is 119 cm³/mol. The first-order valence-electron chi connectivity index (χ1n) is 9.89. The normalized spacial score (nSPS) is 13.7. The fraction of sp³-hybridized carbons (Fsp3) is 0.273. The van der Waals surface area contributed by atoms with Crippen molar-refractivity contribution < 1.29 is 22.4 Å². The van der Waals surface area contributed by atoms with Crippen LogP contribution in [0.5, 0.6) is 5.75 Å². The molecule has 1 aromatic heterocycles. The molecule has 8 nitrogen and oxygen atoms in total. The molecule has 0 atom stereocenters. The summed E-state index contributed by atoms with van der Waals surface area (Å²) in [4.78, 5) is 25.2. The van der Waals surface area contributed by atoms with Crippen LogP contribution < -0.4 is 20.0 Å². The first kappa shape index (κ1) is 20.9. The first-order chi connectivity index (χ1) is 14.8. The molecule has 0 fully saturated rings. The van der Waals surface area contributed by atoms with Crippen LogP contribution in [0.1, 0.15) is 29.3 Å². The third-order valence-electron chi connectivity index (χ3n) is 5.30. The van der Waals surface area contributed by atoms with E-state index in [9.17, 15) is 18.0 Å². The van der Waals surface area contributed by atoms with Crippen molar-refractivity contribution in [2.24, 2.45) is 0 Å². The number of fused-ring (bicyclic) bond motifs is 2. The number of nitrogens with zero attached hydrogens (tertiary/aromatic N) is 1. The average molecular weight is 442 g/mol. The van der Waals surface area contributed by atoms with Gasteiger partial charge in [0.15, 0.2) is 11.3 Å². The summed E-state index contributed by atoms with van der Waals surface area (Å²) in [6.07, 6.45) is 1.40. The zero-order chi connectivity index (χ0) is 22.2. The highest BCUT2D eigenvalue weighted by Crippen LogP contribution is 2.32. The Bertz CT molecular complexity index is 1330. The minimum absolute atomic E-state index is 0.0213. The van der Waals surface area contributed by atoms with Gasteiger partial charge in [-0.25, -0.2) is 13.2 Å². The second kappa shape index (κ2) is 8.07. The van der Waals surface area contributed by atoms with Crippen LogP contribution in [0.4, 0.5) is 11.4 Å². The maximum atomic E-state index is 12.8. The molecule has 3 aromatic rings. The van der Waals surface area contributed by atoms with E-state index in [4.69, 9.17) is 9.15 Å². The number of anilines is 2. The fourth-order valence-corrected chi connectivity index (χ4v) is 4.92. The van der Waals surface area contributed by atoms with Crippen LogP contribution in [0, 0.1) is 0 Å². The highest BCUT2D eigenvalue weighted by atomic mass is 32.2. The van der Waals surface area contributed by atoms with Crippen molar-refractivity contribution in [2.45, 2.75) is 19.8 Å². The van der Waals surface area contributed by atoms with Gasteiger partial charge in [-0.05, 0) is 55.7 Å². The molecule has 162 valence electrons. The number of nitrogens with one attached hydrogen (secondary N) is 1.